The predicted octanol–water partition coefficient (Wildman–Crippen LogP) is 2.39. The number of ketones is 1. The highest BCUT2D eigenvalue weighted by Crippen LogP contribution is 2.36. The van der Waals surface area contributed by atoms with Crippen molar-refractivity contribution in [2.45, 2.75) is 16.2 Å². The molecule has 0 spiro atoms. The lowest BCUT2D eigenvalue weighted by molar-refractivity contribution is 0.103. The lowest BCUT2D eigenvalue weighted by Gasteiger charge is -2.19. The van der Waals surface area contributed by atoms with Crippen LogP contribution in [0.1, 0.15) is 22.3 Å². The van der Waals surface area contributed by atoms with Crippen LogP contribution in [-0.4, -0.2) is 46.3 Å². The molecule has 3 rings (SSSR count). The molecule has 0 unspecified atom stereocenters. The predicted molar refractivity (Wildman–Crippen MR) is 90.4 cm³/mol. The van der Waals surface area contributed by atoms with Gasteiger partial charge in [0, 0.05) is 17.7 Å². The van der Waals surface area contributed by atoms with Crippen molar-refractivity contribution < 1.29 is 17.9 Å². The summed E-state index contributed by atoms with van der Waals surface area (Å²) in [7, 11) is 0.251. The average molecular weight is 345 g/mol. The van der Waals surface area contributed by atoms with Crippen LogP contribution in [0.15, 0.2) is 52.3 Å². The van der Waals surface area contributed by atoms with Crippen LogP contribution >= 0.6 is 0 Å². The lowest BCUT2D eigenvalue weighted by Crippen LogP contribution is -2.20. The summed E-state index contributed by atoms with van der Waals surface area (Å²) in [6.45, 7) is 1.37. The number of sulfone groups is 1. The van der Waals surface area contributed by atoms with Crippen LogP contribution < -0.4 is 4.74 Å². The van der Waals surface area contributed by atoms with Crippen LogP contribution in [0.25, 0.3) is 0 Å². The third-order valence-corrected chi connectivity index (χ3v) is 5.78. The fourth-order valence-corrected chi connectivity index (χ4v) is 4.39. The van der Waals surface area contributed by atoms with Gasteiger partial charge < -0.3 is 9.64 Å². The van der Waals surface area contributed by atoms with E-state index < -0.39 is 9.84 Å². The second-order valence-electron chi connectivity index (χ2n) is 5.99. The summed E-state index contributed by atoms with van der Waals surface area (Å²) in [4.78, 5) is 14.7. The molecule has 0 atom stereocenters. The van der Waals surface area contributed by atoms with Gasteiger partial charge in [0.25, 0.3) is 0 Å². The molecular formula is C18H19NO4S. The van der Waals surface area contributed by atoms with Crippen LogP contribution in [0.5, 0.6) is 5.75 Å². The van der Waals surface area contributed by atoms with Gasteiger partial charge >= 0.3 is 0 Å². The smallest absolute Gasteiger partial charge is 0.208 e. The van der Waals surface area contributed by atoms with Gasteiger partial charge in [-0.15, -0.1) is 0 Å². The molecule has 5 nitrogen and oxygen atoms in total. The summed E-state index contributed by atoms with van der Waals surface area (Å²) in [5, 5.41) is 0. The zero-order chi connectivity index (χ0) is 17.3. The Labute approximate surface area is 141 Å². The number of nitrogens with zero attached hydrogens (tertiary/aromatic N) is 1. The zero-order valence-electron chi connectivity index (χ0n) is 13.7. The molecule has 126 valence electrons. The fourth-order valence-electron chi connectivity index (χ4n) is 2.73. The molecule has 0 amide bonds. The molecule has 2 aromatic rings. The third kappa shape index (κ3) is 2.95. The summed E-state index contributed by atoms with van der Waals surface area (Å²) in [5.41, 5.74) is 0.430. The topological polar surface area (TPSA) is 63.7 Å². The largest absolute Gasteiger partial charge is 0.494 e. The number of hydrogen-bond donors (Lipinski definition) is 0. The first kappa shape index (κ1) is 16.7. The van der Waals surface area contributed by atoms with Crippen LogP contribution in [0.3, 0.4) is 0 Å². The van der Waals surface area contributed by atoms with Crippen molar-refractivity contribution in [1.29, 1.82) is 0 Å². The molecule has 0 bridgehead atoms. The highest BCUT2D eigenvalue weighted by Gasteiger charge is 2.34. The maximum Gasteiger partial charge on any atom is 0.208 e. The van der Waals surface area contributed by atoms with E-state index in [2.05, 4.69) is 4.90 Å². The van der Waals surface area contributed by atoms with E-state index in [4.69, 9.17) is 4.74 Å². The van der Waals surface area contributed by atoms with E-state index >= 15 is 0 Å². The first-order chi connectivity index (χ1) is 11.4. The lowest BCUT2D eigenvalue weighted by atomic mass is 10.0. The Morgan fingerprint density at radius 3 is 2.46 bits per heavy atom. The minimum atomic E-state index is -3.71. The summed E-state index contributed by atoms with van der Waals surface area (Å²) < 4.78 is 31.2. The molecular weight excluding hydrogens is 326 g/mol. The van der Waals surface area contributed by atoms with E-state index in [0.29, 0.717) is 12.4 Å². The van der Waals surface area contributed by atoms with Crippen LogP contribution in [0, 0.1) is 0 Å². The maximum absolute atomic E-state index is 12.8. The second-order valence-corrected chi connectivity index (χ2v) is 7.88. The van der Waals surface area contributed by atoms with Crippen molar-refractivity contribution >= 4 is 15.6 Å². The summed E-state index contributed by atoms with van der Waals surface area (Å²) in [5.74, 6) is 0.192. The van der Waals surface area contributed by atoms with Crippen molar-refractivity contribution in [2.24, 2.45) is 0 Å². The molecule has 1 aliphatic rings. The highest BCUT2D eigenvalue weighted by molar-refractivity contribution is 7.91. The number of benzene rings is 2. The van der Waals surface area contributed by atoms with Crippen LogP contribution in [0.2, 0.25) is 0 Å². The van der Waals surface area contributed by atoms with E-state index in [9.17, 15) is 13.2 Å². The third-order valence-electron chi connectivity index (χ3n) is 3.93. The van der Waals surface area contributed by atoms with E-state index in [0.717, 1.165) is 13.0 Å². The molecule has 0 aliphatic carbocycles. The van der Waals surface area contributed by atoms with Gasteiger partial charge in [0.1, 0.15) is 5.75 Å². The Bertz CT molecular complexity index is 888. The number of ether oxygens (including phenoxy) is 1. The normalized spacial score (nSPS) is 15.0. The Kier molecular flexibility index (Phi) is 4.43. The summed E-state index contributed by atoms with van der Waals surface area (Å²) >= 11 is 0. The van der Waals surface area contributed by atoms with Gasteiger partial charge in [-0.1, -0.05) is 12.1 Å². The van der Waals surface area contributed by atoms with Gasteiger partial charge in [0.2, 0.25) is 9.84 Å². The molecule has 0 saturated heterocycles. The monoisotopic (exact) mass is 345 g/mol. The minimum absolute atomic E-state index is 0.0244. The van der Waals surface area contributed by atoms with Crippen LogP contribution in [0.4, 0.5) is 0 Å². The number of carbonyl (C=O) groups excluding carboxylic acids is 1. The molecule has 0 fully saturated rings. The molecule has 6 heteroatoms. The molecule has 1 aliphatic heterocycles. The van der Waals surface area contributed by atoms with Crippen molar-refractivity contribution in [1.82, 2.24) is 4.90 Å². The van der Waals surface area contributed by atoms with Gasteiger partial charge in [-0.05, 0) is 50.8 Å². The van der Waals surface area contributed by atoms with E-state index in [1.54, 1.807) is 24.3 Å². The second kappa shape index (κ2) is 6.37. The fraction of sp³-hybridized carbons (Fsp3) is 0.278. The Hall–Kier alpha value is -2.18. The first-order valence-corrected chi connectivity index (χ1v) is 9.20. The summed E-state index contributed by atoms with van der Waals surface area (Å²) in [6, 6.07) is 10.9. The van der Waals surface area contributed by atoms with Gasteiger partial charge in [0.05, 0.1) is 16.4 Å². The molecule has 0 radical (unpaired) electrons. The van der Waals surface area contributed by atoms with Crippen molar-refractivity contribution in [3.63, 3.8) is 0 Å². The number of rotatable bonds is 5. The Balaban J connectivity index is 1.92. The molecule has 2 aromatic carbocycles. The molecule has 24 heavy (non-hydrogen) atoms. The quantitative estimate of drug-likeness (QED) is 0.665. The maximum atomic E-state index is 12.8. The Morgan fingerprint density at radius 2 is 1.71 bits per heavy atom. The first-order valence-electron chi connectivity index (χ1n) is 7.71. The minimum Gasteiger partial charge on any atom is -0.494 e. The van der Waals surface area contributed by atoms with Gasteiger partial charge in [-0.3, -0.25) is 4.79 Å². The average Bonchev–Trinajstić information content (AvgIpc) is 2.57. The molecule has 1 heterocycles. The number of carbonyl (C=O) groups is 1. The molecule has 0 aromatic heterocycles. The number of hydrogen-bond acceptors (Lipinski definition) is 5. The van der Waals surface area contributed by atoms with Crippen LogP contribution in [-0.2, 0) is 9.84 Å². The van der Waals surface area contributed by atoms with Crippen molar-refractivity contribution in [3.8, 4) is 5.75 Å². The number of fused-ring (bicyclic) bond motifs is 2. The van der Waals surface area contributed by atoms with E-state index in [1.165, 1.54) is 18.2 Å². The van der Waals surface area contributed by atoms with Crippen molar-refractivity contribution in [3.05, 3.63) is 53.6 Å². The van der Waals surface area contributed by atoms with Gasteiger partial charge in [-0.2, -0.15) is 0 Å². The van der Waals surface area contributed by atoms with Gasteiger partial charge in [0.15, 0.2) is 5.78 Å². The van der Waals surface area contributed by atoms with E-state index in [1.807, 2.05) is 14.1 Å². The highest BCUT2D eigenvalue weighted by atomic mass is 32.2. The van der Waals surface area contributed by atoms with Gasteiger partial charge in [-0.25, -0.2) is 8.42 Å². The Morgan fingerprint density at radius 1 is 1.00 bits per heavy atom. The SMILES string of the molecule is CN(C)CCCOc1ccc2c(c1)S(=O)(=O)c1ccccc1C2=O. The summed E-state index contributed by atoms with van der Waals surface area (Å²) in [6.07, 6.45) is 0.832. The van der Waals surface area contributed by atoms with E-state index in [-0.39, 0.29) is 26.7 Å². The molecule has 0 saturated carbocycles. The standard InChI is InChI=1S/C18H19NO4S/c1-19(2)10-5-11-23-13-8-9-15-17(12-13)24(21,22)16-7-4-3-6-14(16)18(15)20/h3-4,6-9,12H,5,10-11H2,1-2H3. The molecule has 0 N–H and O–H groups in total. The zero-order valence-corrected chi connectivity index (χ0v) is 14.5. The van der Waals surface area contributed by atoms with Crippen molar-refractivity contribution in [2.75, 3.05) is 27.2 Å².